The van der Waals surface area contributed by atoms with Crippen molar-refractivity contribution in [1.29, 1.82) is 0 Å². The Labute approximate surface area is 212 Å². The van der Waals surface area contributed by atoms with Crippen molar-refractivity contribution in [2.75, 3.05) is 26.2 Å². The summed E-state index contributed by atoms with van der Waals surface area (Å²) < 4.78 is 6.17. The van der Waals surface area contributed by atoms with Crippen molar-refractivity contribution >= 4 is 11.8 Å². The van der Waals surface area contributed by atoms with Gasteiger partial charge in [-0.2, -0.15) is 0 Å². The second kappa shape index (κ2) is 13.4. The minimum Gasteiger partial charge on any atom is -0.493 e. The number of benzene rings is 2. The van der Waals surface area contributed by atoms with Crippen LogP contribution >= 0.6 is 0 Å². The first-order valence-corrected chi connectivity index (χ1v) is 12.6. The van der Waals surface area contributed by atoms with Crippen LogP contribution in [0.4, 0.5) is 0 Å². The zero-order valence-corrected chi connectivity index (χ0v) is 20.6. The summed E-state index contributed by atoms with van der Waals surface area (Å²) in [6.45, 7) is 2.96. The second-order valence-electron chi connectivity index (χ2n) is 9.00. The number of amides is 2. The minimum absolute atomic E-state index is 0.00931. The van der Waals surface area contributed by atoms with Crippen LogP contribution in [0, 0.1) is 0 Å². The summed E-state index contributed by atoms with van der Waals surface area (Å²) >= 11 is 0. The molecule has 36 heavy (non-hydrogen) atoms. The maximum Gasteiger partial charge on any atom is 0.251 e. The van der Waals surface area contributed by atoms with Gasteiger partial charge in [0.2, 0.25) is 5.91 Å². The fraction of sp³-hybridized carbons (Fsp3) is 0.345. The zero-order valence-electron chi connectivity index (χ0n) is 20.6. The summed E-state index contributed by atoms with van der Waals surface area (Å²) in [5.74, 6) is 0.537. The molecule has 0 radical (unpaired) electrons. The quantitative estimate of drug-likeness (QED) is 0.555. The highest BCUT2D eigenvalue weighted by molar-refractivity contribution is 5.96. The molecule has 0 saturated heterocycles. The lowest BCUT2D eigenvalue weighted by molar-refractivity contribution is -0.122. The smallest absolute Gasteiger partial charge is 0.251 e. The molecular formula is C29H34N4O3. The SMILES string of the molecule is O=C1CN(Cc2ccccc2)Cc2c(cccc2C(=O)NCCc2ccccn2)OCCCCCN1. The van der Waals surface area contributed by atoms with E-state index in [9.17, 15) is 9.59 Å². The Morgan fingerprint density at radius 1 is 0.972 bits per heavy atom. The summed E-state index contributed by atoms with van der Waals surface area (Å²) in [6, 6.07) is 21.4. The lowest BCUT2D eigenvalue weighted by Gasteiger charge is -2.24. The van der Waals surface area contributed by atoms with E-state index in [1.54, 1.807) is 6.20 Å². The minimum atomic E-state index is -0.153. The molecule has 1 aromatic heterocycles. The summed E-state index contributed by atoms with van der Waals surface area (Å²) in [5.41, 5.74) is 3.41. The van der Waals surface area contributed by atoms with E-state index in [0.29, 0.717) is 50.5 Å². The van der Waals surface area contributed by atoms with E-state index in [0.717, 1.165) is 36.1 Å². The summed E-state index contributed by atoms with van der Waals surface area (Å²) in [4.78, 5) is 32.4. The molecule has 1 aliphatic heterocycles. The summed E-state index contributed by atoms with van der Waals surface area (Å²) in [6.07, 6.45) is 5.18. The molecule has 2 amide bonds. The van der Waals surface area contributed by atoms with Crippen LogP contribution in [0.2, 0.25) is 0 Å². The summed E-state index contributed by atoms with van der Waals surface area (Å²) in [7, 11) is 0. The normalized spacial score (nSPS) is 15.3. The Morgan fingerprint density at radius 3 is 2.67 bits per heavy atom. The third kappa shape index (κ3) is 7.65. The van der Waals surface area contributed by atoms with Crippen molar-refractivity contribution in [3.63, 3.8) is 0 Å². The van der Waals surface area contributed by atoms with E-state index in [1.807, 2.05) is 66.7 Å². The molecule has 0 spiro atoms. The van der Waals surface area contributed by atoms with Crippen LogP contribution < -0.4 is 15.4 Å². The Hall–Kier alpha value is -3.71. The number of carbonyl (C=O) groups excluding carboxylic acids is 2. The van der Waals surface area contributed by atoms with Crippen LogP contribution in [0.3, 0.4) is 0 Å². The van der Waals surface area contributed by atoms with Crippen LogP contribution in [0.15, 0.2) is 72.9 Å². The number of hydrogen-bond acceptors (Lipinski definition) is 5. The van der Waals surface area contributed by atoms with Crippen molar-refractivity contribution < 1.29 is 14.3 Å². The van der Waals surface area contributed by atoms with Crippen molar-refractivity contribution in [3.05, 3.63) is 95.3 Å². The van der Waals surface area contributed by atoms with Crippen molar-refractivity contribution in [3.8, 4) is 5.75 Å². The van der Waals surface area contributed by atoms with E-state index in [1.165, 1.54) is 0 Å². The van der Waals surface area contributed by atoms with Crippen LogP contribution in [-0.4, -0.2) is 47.9 Å². The average molecular weight is 487 g/mol. The third-order valence-electron chi connectivity index (χ3n) is 6.17. The van der Waals surface area contributed by atoms with E-state index < -0.39 is 0 Å². The highest BCUT2D eigenvalue weighted by Gasteiger charge is 2.21. The van der Waals surface area contributed by atoms with Crippen LogP contribution in [0.5, 0.6) is 5.75 Å². The van der Waals surface area contributed by atoms with Crippen LogP contribution in [0.25, 0.3) is 0 Å². The molecule has 1 aliphatic rings. The average Bonchev–Trinajstić information content (AvgIpc) is 2.91. The third-order valence-corrected chi connectivity index (χ3v) is 6.17. The maximum absolute atomic E-state index is 13.3. The van der Waals surface area contributed by atoms with Gasteiger partial charge in [0.1, 0.15) is 5.75 Å². The maximum atomic E-state index is 13.3. The number of nitrogens with zero attached hydrogens (tertiary/aromatic N) is 2. The van der Waals surface area contributed by atoms with E-state index >= 15 is 0 Å². The molecular weight excluding hydrogens is 452 g/mol. The molecule has 0 atom stereocenters. The van der Waals surface area contributed by atoms with Gasteiger partial charge in [0.15, 0.2) is 0 Å². The van der Waals surface area contributed by atoms with E-state index in [4.69, 9.17) is 4.74 Å². The molecule has 2 N–H and O–H groups in total. The van der Waals surface area contributed by atoms with Gasteiger partial charge in [0.25, 0.3) is 5.91 Å². The number of aromatic nitrogens is 1. The molecule has 2 aromatic carbocycles. The zero-order chi connectivity index (χ0) is 25.0. The van der Waals surface area contributed by atoms with Crippen molar-refractivity contribution in [1.82, 2.24) is 20.5 Å². The monoisotopic (exact) mass is 486 g/mol. The lowest BCUT2D eigenvalue weighted by Crippen LogP contribution is -2.37. The second-order valence-corrected chi connectivity index (χ2v) is 9.00. The van der Waals surface area contributed by atoms with Gasteiger partial charge in [-0.05, 0) is 49.1 Å². The molecule has 0 saturated carbocycles. The number of ether oxygens (including phenoxy) is 1. The molecule has 188 valence electrons. The first-order chi connectivity index (χ1) is 17.7. The van der Waals surface area contributed by atoms with Crippen molar-refractivity contribution in [2.24, 2.45) is 0 Å². The number of pyridine rings is 1. The Bertz CT molecular complexity index is 1120. The number of carbonyl (C=O) groups is 2. The first-order valence-electron chi connectivity index (χ1n) is 12.6. The molecule has 4 rings (SSSR count). The molecule has 3 aromatic rings. The topological polar surface area (TPSA) is 83.6 Å². The number of fused-ring (bicyclic) bond motifs is 1. The molecule has 2 heterocycles. The first kappa shape index (κ1) is 25.4. The van der Waals surface area contributed by atoms with Crippen LogP contribution in [-0.2, 0) is 24.3 Å². The van der Waals surface area contributed by atoms with E-state index in [2.05, 4.69) is 20.5 Å². The predicted octanol–water partition coefficient (Wildman–Crippen LogP) is 3.74. The molecule has 0 aliphatic carbocycles. The Kier molecular flexibility index (Phi) is 9.45. The van der Waals surface area contributed by atoms with Gasteiger partial charge in [0, 0.05) is 55.6 Å². The van der Waals surface area contributed by atoms with Gasteiger partial charge in [-0.1, -0.05) is 42.5 Å². The van der Waals surface area contributed by atoms with E-state index in [-0.39, 0.29) is 18.4 Å². The Morgan fingerprint density at radius 2 is 1.83 bits per heavy atom. The number of hydrogen-bond donors (Lipinski definition) is 2. The largest absolute Gasteiger partial charge is 0.493 e. The van der Waals surface area contributed by atoms with Gasteiger partial charge >= 0.3 is 0 Å². The fourth-order valence-electron chi connectivity index (χ4n) is 4.33. The fourth-order valence-corrected chi connectivity index (χ4v) is 4.33. The van der Waals surface area contributed by atoms with Gasteiger partial charge in [-0.25, -0.2) is 0 Å². The predicted molar refractivity (Wildman–Crippen MR) is 140 cm³/mol. The van der Waals surface area contributed by atoms with Gasteiger partial charge in [0.05, 0.1) is 13.2 Å². The van der Waals surface area contributed by atoms with Gasteiger partial charge in [-0.3, -0.25) is 19.5 Å². The number of nitrogens with one attached hydrogen (secondary N) is 2. The molecule has 7 nitrogen and oxygen atoms in total. The molecule has 0 bridgehead atoms. The van der Waals surface area contributed by atoms with Crippen LogP contribution in [0.1, 0.15) is 46.4 Å². The molecule has 0 fully saturated rings. The van der Waals surface area contributed by atoms with Gasteiger partial charge in [-0.15, -0.1) is 0 Å². The standard InChI is InChI=1S/C29H34N4O3/c34-28-22-33(20-23-10-3-1-4-11-23)21-26-25(29(35)32-18-15-24-12-5-7-16-30-24)13-9-14-27(26)36-19-8-2-6-17-31-28/h1,3-5,7,9-14,16H,2,6,8,15,17-22H2,(H,31,34)(H,32,35). The lowest BCUT2D eigenvalue weighted by atomic mass is 10.0. The van der Waals surface area contributed by atoms with Gasteiger partial charge < -0.3 is 15.4 Å². The molecule has 7 heteroatoms. The van der Waals surface area contributed by atoms with Crippen molar-refractivity contribution in [2.45, 2.75) is 38.8 Å². The highest BCUT2D eigenvalue weighted by atomic mass is 16.5. The Balaban J connectivity index is 1.57. The molecule has 0 unspecified atom stereocenters. The number of rotatable bonds is 6. The highest BCUT2D eigenvalue weighted by Crippen LogP contribution is 2.26. The summed E-state index contributed by atoms with van der Waals surface area (Å²) in [5, 5.41) is 6.07.